The van der Waals surface area contributed by atoms with E-state index < -0.39 is 0 Å². The van der Waals surface area contributed by atoms with Crippen molar-refractivity contribution in [2.45, 2.75) is 19.9 Å². The second-order valence-electron chi connectivity index (χ2n) is 5.49. The van der Waals surface area contributed by atoms with E-state index in [9.17, 15) is 14.9 Å². The molecule has 2 rings (SSSR count). The SMILES string of the molecule is CCc1nn(C)c(N(C)Cc2ccc(C(=O)NC)cc2)c1[N+](=O)[O-]. The highest BCUT2D eigenvalue weighted by atomic mass is 16.6. The predicted molar refractivity (Wildman–Crippen MR) is 91.2 cm³/mol. The van der Waals surface area contributed by atoms with Crippen LogP contribution in [0.25, 0.3) is 0 Å². The Kier molecular flexibility index (Phi) is 5.18. The minimum atomic E-state index is -0.383. The van der Waals surface area contributed by atoms with Crippen molar-refractivity contribution in [3.05, 3.63) is 51.2 Å². The van der Waals surface area contributed by atoms with Gasteiger partial charge < -0.3 is 10.2 Å². The molecule has 24 heavy (non-hydrogen) atoms. The molecule has 0 spiro atoms. The summed E-state index contributed by atoms with van der Waals surface area (Å²) in [6.45, 7) is 2.31. The third-order valence-corrected chi connectivity index (χ3v) is 3.80. The molecule has 0 fully saturated rings. The average molecular weight is 331 g/mol. The highest BCUT2D eigenvalue weighted by Gasteiger charge is 2.28. The third-order valence-electron chi connectivity index (χ3n) is 3.80. The van der Waals surface area contributed by atoms with Crippen LogP contribution in [-0.4, -0.2) is 34.7 Å². The zero-order valence-corrected chi connectivity index (χ0v) is 14.2. The first-order valence-electron chi connectivity index (χ1n) is 7.61. The molecule has 1 aromatic heterocycles. The van der Waals surface area contributed by atoms with E-state index in [4.69, 9.17) is 0 Å². The fourth-order valence-electron chi connectivity index (χ4n) is 2.67. The fraction of sp³-hybridized carbons (Fsp3) is 0.375. The first-order valence-corrected chi connectivity index (χ1v) is 7.61. The Morgan fingerprint density at radius 2 is 2.00 bits per heavy atom. The van der Waals surface area contributed by atoms with Gasteiger partial charge in [0.1, 0.15) is 5.69 Å². The van der Waals surface area contributed by atoms with E-state index in [1.165, 1.54) is 4.68 Å². The minimum absolute atomic E-state index is 0.0458. The molecule has 0 saturated carbocycles. The molecule has 0 unspecified atom stereocenters. The van der Waals surface area contributed by atoms with Crippen LogP contribution in [0.4, 0.5) is 11.5 Å². The van der Waals surface area contributed by atoms with Crippen LogP contribution in [-0.2, 0) is 20.0 Å². The van der Waals surface area contributed by atoms with E-state index in [2.05, 4.69) is 10.4 Å². The number of carbonyl (C=O) groups is 1. The van der Waals surface area contributed by atoms with Gasteiger partial charge in [0.05, 0.1) is 4.92 Å². The summed E-state index contributed by atoms with van der Waals surface area (Å²) in [4.78, 5) is 24.4. The largest absolute Gasteiger partial charge is 0.355 e. The lowest BCUT2D eigenvalue weighted by Gasteiger charge is -2.18. The lowest BCUT2D eigenvalue weighted by molar-refractivity contribution is -0.384. The zero-order valence-electron chi connectivity index (χ0n) is 14.2. The summed E-state index contributed by atoms with van der Waals surface area (Å²) >= 11 is 0. The highest BCUT2D eigenvalue weighted by Crippen LogP contribution is 2.31. The second kappa shape index (κ2) is 7.12. The zero-order chi connectivity index (χ0) is 17.9. The lowest BCUT2D eigenvalue weighted by Crippen LogP contribution is -2.21. The number of hydrogen-bond acceptors (Lipinski definition) is 5. The molecule has 8 nitrogen and oxygen atoms in total. The molecule has 1 aromatic carbocycles. The summed E-state index contributed by atoms with van der Waals surface area (Å²) in [5.41, 5.74) is 2.03. The topological polar surface area (TPSA) is 93.3 Å². The Bertz CT molecular complexity index is 752. The number of anilines is 1. The molecule has 1 N–H and O–H groups in total. The monoisotopic (exact) mass is 331 g/mol. The molecule has 0 radical (unpaired) electrons. The van der Waals surface area contributed by atoms with Crippen molar-refractivity contribution in [1.29, 1.82) is 0 Å². The van der Waals surface area contributed by atoms with Crippen molar-refractivity contribution in [2.24, 2.45) is 7.05 Å². The third kappa shape index (κ3) is 3.37. The number of nitrogens with one attached hydrogen (secondary N) is 1. The van der Waals surface area contributed by atoms with Crippen LogP contribution in [0.2, 0.25) is 0 Å². The van der Waals surface area contributed by atoms with E-state index in [0.717, 1.165) is 5.56 Å². The Morgan fingerprint density at radius 3 is 2.50 bits per heavy atom. The fourth-order valence-corrected chi connectivity index (χ4v) is 2.67. The van der Waals surface area contributed by atoms with Gasteiger partial charge in [-0.3, -0.25) is 14.9 Å². The Hall–Kier alpha value is -2.90. The van der Waals surface area contributed by atoms with Crippen LogP contribution >= 0.6 is 0 Å². The van der Waals surface area contributed by atoms with Crippen LogP contribution in [0, 0.1) is 10.1 Å². The van der Waals surface area contributed by atoms with Crippen LogP contribution in [0.5, 0.6) is 0 Å². The lowest BCUT2D eigenvalue weighted by atomic mass is 10.1. The van der Waals surface area contributed by atoms with Crippen molar-refractivity contribution >= 4 is 17.4 Å². The quantitative estimate of drug-likeness (QED) is 0.644. The number of aryl methyl sites for hydroxylation is 2. The van der Waals surface area contributed by atoms with Crippen molar-refractivity contribution in [2.75, 3.05) is 19.0 Å². The molecular formula is C16H21N5O3. The number of rotatable bonds is 6. The molecule has 2 aromatic rings. The summed E-state index contributed by atoms with van der Waals surface area (Å²) in [6.07, 6.45) is 0.499. The van der Waals surface area contributed by atoms with E-state index in [1.807, 2.05) is 19.1 Å². The number of aromatic nitrogens is 2. The first-order chi connectivity index (χ1) is 11.4. The van der Waals surface area contributed by atoms with Gasteiger partial charge in [0, 0.05) is 33.3 Å². The van der Waals surface area contributed by atoms with Crippen LogP contribution in [0.1, 0.15) is 28.5 Å². The second-order valence-corrected chi connectivity index (χ2v) is 5.49. The van der Waals surface area contributed by atoms with Gasteiger partial charge in [-0.05, 0) is 24.1 Å². The molecule has 0 aliphatic heterocycles. The predicted octanol–water partition coefficient (Wildman–Crippen LogP) is 1.89. The summed E-state index contributed by atoms with van der Waals surface area (Å²) in [6, 6.07) is 7.14. The maximum atomic E-state index is 11.6. The number of carbonyl (C=O) groups excluding carboxylic acids is 1. The van der Waals surface area contributed by atoms with E-state index >= 15 is 0 Å². The normalized spacial score (nSPS) is 10.5. The Balaban J connectivity index is 2.27. The summed E-state index contributed by atoms with van der Waals surface area (Å²) in [5, 5.41) is 18.2. The van der Waals surface area contributed by atoms with Gasteiger partial charge in [0.25, 0.3) is 5.91 Å². The maximum Gasteiger partial charge on any atom is 0.334 e. The molecule has 0 bridgehead atoms. The molecule has 0 aliphatic rings. The van der Waals surface area contributed by atoms with E-state index in [1.54, 1.807) is 38.2 Å². The van der Waals surface area contributed by atoms with Crippen molar-refractivity contribution in [3.8, 4) is 0 Å². The molecular weight excluding hydrogens is 310 g/mol. The van der Waals surface area contributed by atoms with E-state index in [-0.39, 0.29) is 16.5 Å². The Labute approximate surface area is 140 Å². The summed E-state index contributed by atoms with van der Waals surface area (Å²) < 4.78 is 1.54. The van der Waals surface area contributed by atoms with Gasteiger partial charge >= 0.3 is 5.69 Å². The molecule has 1 amide bonds. The molecule has 128 valence electrons. The van der Waals surface area contributed by atoms with Gasteiger partial charge in [-0.25, -0.2) is 4.68 Å². The first kappa shape index (κ1) is 17.5. The smallest absolute Gasteiger partial charge is 0.334 e. The maximum absolute atomic E-state index is 11.6. The average Bonchev–Trinajstić information content (AvgIpc) is 2.91. The molecule has 0 saturated heterocycles. The highest BCUT2D eigenvalue weighted by molar-refractivity contribution is 5.93. The standard InChI is InChI=1S/C16H21N5O3/c1-5-13-14(21(23)24)16(20(4)18-13)19(3)10-11-6-8-12(9-7-11)15(22)17-2/h6-9H,5,10H2,1-4H3,(H,17,22). The number of benzene rings is 1. The van der Waals surface area contributed by atoms with E-state index in [0.29, 0.717) is 30.0 Å². The van der Waals surface area contributed by atoms with Gasteiger partial charge in [0.15, 0.2) is 0 Å². The van der Waals surface area contributed by atoms with Gasteiger partial charge in [0.2, 0.25) is 5.82 Å². The number of nitro groups is 1. The molecule has 0 atom stereocenters. The number of hydrogen-bond donors (Lipinski definition) is 1. The van der Waals surface area contributed by atoms with Crippen LogP contribution < -0.4 is 10.2 Å². The van der Waals surface area contributed by atoms with Crippen molar-refractivity contribution in [1.82, 2.24) is 15.1 Å². The Morgan fingerprint density at radius 1 is 1.38 bits per heavy atom. The van der Waals surface area contributed by atoms with Crippen LogP contribution in [0.3, 0.4) is 0 Å². The number of amides is 1. The van der Waals surface area contributed by atoms with Crippen molar-refractivity contribution < 1.29 is 9.72 Å². The van der Waals surface area contributed by atoms with Gasteiger partial charge in [-0.1, -0.05) is 19.1 Å². The van der Waals surface area contributed by atoms with Gasteiger partial charge in [-0.15, -0.1) is 0 Å². The molecule has 8 heteroatoms. The molecule has 0 aliphatic carbocycles. The number of nitrogens with zero attached hydrogens (tertiary/aromatic N) is 4. The van der Waals surface area contributed by atoms with Crippen molar-refractivity contribution in [3.63, 3.8) is 0 Å². The minimum Gasteiger partial charge on any atom is -0.355 e. The summed E-state index contributed by atoms with van der Waals surface area (Å²) in [5.74, 6) is 0.317. The van der Waals surface area contributed by atoms with Crippen LogP contribution in [0.15, 0.2) is 24.3 Å². The summed E-state index contributed by atoms with van der Waals surface area (Å²) in [7, 11) is 5.07. The van der Waals surface area contributed by atoms with Gasteiger partial charge in [-0.2, -0.15) is 5.10 Å². The molecule has 1 heterocycles.